The molecule has 0 fully saturated rings. The first kappa shape index (κ1) is 22.7. The van der Waals surface area contributed by atoms with Gasteiger partial charge in [0.15, 0.2) is 5.82 Å². The highest BCUT2D eigenvalue weighted by molar-refractivity contribution is 7.91. The number of nitrogens with two attached hydrogens (primary N) is 1. The second-order valence-corrected chi connectivity index (χ2v) is 9.34. The number of rotatable bonds is 6. The lowest BCUT2D eigenvalue weighted by atomic mass is 10.2. The van der Waals surface area contributed by atoms with Crippen molar-refractivity contribution in [2.24, 2.45) is 5.73 Å². The van der Waals surface area contributed by atoms with Crippen LogP contribution < -0.4 is 11.1 Å². The number of fused-ring (bicyclic) bond motifs is 1. The van der Waals surface area contributed by atoms with E-state index < -0.39 is 56.1 Å². The van der Waals surface area contributed by atoms with E-state index >= 15 is 0 Å². The number of aromatic nitrogens is 1. The zero-order valence-corrected chi connectivity index (χ0v) is 18.1. The Bertz CT molecular complexity index is 1300. The fourth-order valence-corrected chi connectivity index (χ4v) is 5.22. The number of hydrogen-bond acceptors (Lipinski definition) is 5. The van der Waals surface area contributed by atoms with Crippen molar-refractivity contribution in [3.8, 4) is 0 Å². The van der Waals surface area contributed by atoms with Gasteiger partial charge in [-0.25, -0.2) is 12.8 Å². The van der Waals surface area contributed by atoms with Gasteiger partial charge in [0.05, 0.1) is 27.4 Å². The van der Waals surface area contributed by atoms with Crippen molar-refractivity contribution in [3.63, 3.8) is 0 Å². The number of nitrogens with one attached hydrogen (secondary N) is 2. The predicted molar refractivity (Wildman–Crippen MR) is 112 cm³/mol. The minimum absolute atomic E-state index is 0.00891. The third-order valence-corrected chi connectivity index (χ3v) is 6.74. The zero-order chi connectivity index (χ0) is 23.1. The first-order valence-electron chi connectivity index (χ1n) is 9.01. The monoisotopic (exact) mass is 467 g/mol. The van der Waals surface area contributed by atoms with Crippen LogP contribution in [-0.2, 0) is 14.6 Å². The molecule has 2 aromatic carbocycles. The second-order valence-electron chi connectivity index (χ2n) is 7.05. The number of H-pyrrole nitrogens is 1. The first-order chi connectivity index (χ1) is 14.5. The van der Waals surface area contributed by atoms with Gasteiger partial charge in [0.25, 0.3) is 5.91 Å². The SMILES string of the molecule is Cc1cc(C)cc(S(=O)(=O)c2c(C(=O)NC(CO)C(N)=O)[nH]c3ccc(Cl)c(F)c23)c1. The Balaban J connectivity index is 2.32. The predicted octanol–water partition coefficient (Wildman–Crippen LogP) is 1.99. The van der Waals surface area contributed by atoms with Gasteiger partial charge in [-0.15, -0.1) is 0 Å². The Morgan fingerprint density at radius 2 is 1.84 bits per heavy atom. The third-order valence-electron chi connectivity index (χ3n) is 4.64. The lowest BCUT2D eigenvalue weighted by Gasteiger charge is -2.13. The number of hydrogen-bond donors (Lipinski definition) is 4. The number of carbonyl (C=O) groups excluding carboxylic acids is 2. The molecule has 8 nitrogen and oxygen atoms in total. The molecule has 31 heavy (non-hydrogen) atoms. The molecule has 3 aromatic rings. The Hall–Kier alpha value is -2.95. The summed E-state index contributed by atoms with van der Waals surface area (Å²) in [5, 5.41) is 10.7. The Kier molecular flexibility index (Phi) is 6.08. The average Bonchev–Trinajstić information content (AvgIpc) is 3.09. The van der Waals surface area contributed by atoms with E-state index in [0.717, 1.165) is 0 Å². The molecule has 3 rings (SSSR count). The first-order valence-corrected chi connectivity index (χ1v) is 10.9. The van der Waals surface area contributed by atoms with Crippen LogP contribution in [0.2, 0.25) is 5.02 Å². The highest BCUT2D eigenvalue weighted by atomic mass is 35.5. The van der Waals surface area contributed by atoms with E-state index in [9.17, 15) is 27.5 Å². The highest BCUT2D eigenvalue weighted by Gasteiger charge is 2.33. The van der Waals surface area contributed by atoms with Crippen molar-refractivity contribution in [3.05, 3.63) is 58.0 Å². The van der Waals surface area contributed by atoms with Crippen molar-refractivity contribution in [1.82, 2.24) is 10.3 Å². The summed E-state index contributed by atoms with van der Waals surface area (Å²) in [6.45, 7) is 2.59. The summed E-state index contributed by atoms with van der Waals surface area (Å²) >= 11 is 5.86. The van der Waals surface area contributed by atoms with Gasteiger partial charge in [-0.05, 0) is 49.2 Å². The molecule has 1 unspecified atom stereocenters. The number of sulfone groups is 1. The normalized spacial score (nSPS) is 12.7. The lowest BCUT2D eigenvalue weighted by Crippen LogP contribution is -2.47. The molecule has 0 bridgehead atoms. The van der Waals surface area contributed by atoms with Gasteiger partial charge < -0.3 is 21.1 Å². The minimum atomic E-state index is -4.41. The number of halogens is 2. The van der Waals surface area contributed by atoms with Gasteiger partial charge >= 0.3 is 0 Å². The number of carbonyl (C=O) groups is 2. The highest BCUT2D eigenvalue weighted by Crippen LogP contribution is 2.36. The van der Waals surface area contributed by atoms with E-state index in [0.29, 0.717) is 11.1 Å². The molecule has 5 N–H and O–H groups in total. The maximum absolute atomic E-state index is 14.9. The molecule has 0 radical (unpaired) electrons. The van der Waals surface area contributed by atoms with Crippen LogP contribution in [0.5, 0.6) is 0 Å². The van der Waals surface area contributed by atoms with E-state index in [1.54, 1.807) is 19.9 Å². The molecule has 0 aliphatic heterocycles. The summed E-state index contributed by atoms with van der Waals surface area (Å²) < 4.78 is 42.0. The van der Waals surface area contributed by atoms with Crippen LogP contribution in [0.25, 0.3) is 10.9 Å². The fourth-order valence-electron chi connectivity index (χ4n) is 3.26. The van der Waals surface area contributed by atoms with Crippen LogP contribution in [0, 0.1) is 19.7 Å². The summed E-state index contributed by atoms with van der Waals surface area (Å²) in [5.41, 5.74) is 5.91. The average molecular weight is 468 g/mol. The molecule has 1 heterocycles. The quantitative estimate of drug-likeness (QED) is 0.438. The Morgan fingerprint density at radius 1 is 1.23 bits per heavy atom. The molecule has 0 aliphatic carbocycles. The summed E-state index contributed by atoms with van der Waals surface area (Å²) in [7, 11) is -4.41. The van der Waals surface area contributed by atoms with E-state index in [1.165, 1.54) is 24.3 Å². The van der Waals surface area contributed by atoms with E-state index in [-0.39, 0.29) is 15.4 Å². The molecular weight excluding hydrogens is 449 g/mol. The van der Waals surface area contributed by atoms with E-state index in [2.05, 4.69) is 10.3 Å². The number of benzene rings is 2. The summed E-state index contributed by atoms with van der Waals surface area (Å²) in [4.78, 5) is 26.0. The molecule has 11 heteroatoms. The van der Waals surface area contributed by atoms with Gasteiger partial charge in [0, 0.05) is 0 Å². The van der Waals surface area contributed by atoms with E-state index in [4.69, 9.17) is 17.3 Å². The van der Waals surface area contributed by atoms with Crippen LogP contribution in [0.15, 0.2) is 40.1 Å². The van der Waals surface area contributed by atoms with Crippen LogP contribution in [0.1, 0.15) is 21.6 Å². The van der Waals surface area contributed by atoms with Gasteiger partial charge in [-0.1, -0.05) is 17.7 Å². The van der Waals surface area contributed by atoms with Crippen molar-refractivity contribution in [1.29, 1.82) is 0 Å². The number of aliphatic hydroxyl groups is 1. The molecular formula is C20H19ClFN3O5S. The van der Waals surface area contributed by atoms with Crippen molar-refractivity contribution < 1.29 is 27.5 Å². The summed E-state index contributed by atoms with van der Waals surface area (Å²) in [6.07, 6.45) is 0. The summed E-state index contributed by atoms with van der Waals surface area (Å²) in [6, 6.07) is 5.62. The van der Waals surface area contributed by atoms with E-state index in [1.807, 2.05) is 0 Å². The lowest BCUT2D eigenvalue weighted by molar-refractivity contribution is -0.120. The van der Waals surface area contributed by atoms with Gasteiger partial charge in [0.1, 0.15) is 16.6 Å². The molecule has 0 saturated carbocycles. The Labute approximate surface area is 182 Å². The van der Waals surface area contributed by atoms with Crippen molar-refractivity contribution in [2.75, 3.05) is 6.61 Å². The maximum Gasteiger partial charge on any atom is 0.269 e. The summed E-state index contributed by atoms with van der Waals surface area (Å²) in [5.74, 6) is -3.11. The second kappa shape index (κ2) is 8.29. The molecule has 1 aromatic heterocycles. The molecule has 1 atom stereocenters. The molecule has 2 amide bonds. The van der Waals surface area contributed by atoms with Gasteiger partial charge in [-0.2, -0.15) is 0 Å². The van der Waals surface area contributed by atoms with Gasteiger partial charge in [0.2, 0.25) is 15.7 Å². The van der Waals surface area contributed by atoms with Gasteiger partial charge in [-0.3, -0.25) is 9.59 Å². The number of amides is 2. The number of aliphatic hydroxyl groups excluding tert-OH is 1. The molecule has 0 aliphatic rings. The molecule has 164 valence electrons. The standard InChI is InChI=1S/C20H19ClFN3O5S/c1-9-5-10(2)7-11(6-9)31(29,30)18-15-13(4-3-12(21)16(15)22)24-17(18)20(28)25-14(8-26)19(23)27/h3-7,14,24,26H,8H2,1-2H3,(H2,23,27)(H,25,28). The van der Waals surface area contributed by atoms with Crippen LogP contribution in [0.4, 0.5) is 4.39 Å². The molecule has 0 spiro atoms. The topological polar surface area (TPSA) is 142 Å². The minimum Gasteiger partial charge on any atom is -0.394 e. The largest absolute Gasteiger partial charge is 0.394 e. The van der Waals surface area contributed by atoms with Crippen molar-refractivity contribution >= 4 is 44.2 Å². The Morgan fingerprint density at radius 3 is 2.39 bits per heavy atom. The smallest absolute Gasteiger partial charge is 0.269 e. The fraction of sp³-hybridized carbons (Fsp3) is 0.200. The maximum atomic E-state index is 14.9. The third kappa shape index (κ3) is 4.14. The van der Waals surface area contributed by atoms with Crippen LogP contribution >= 0.6 is 11.6 Å². The number of primary amides is 1. The van der Waals surface area contributed by atoms with Crippen molar-refractivity contribution in [2.45, 2.75) is 29.7 Å². The zero-order valence-electron chi connectivity index (χ0n) is 16.5. The van der Waals surface area contributed by atoms with Crippen LogP contribution in [0.3, 0.4) is 0 Å². The number of aryl methyl sites for hydroxylation is 2. The number of aromatic amines is 1. The van der Waals surface area contributed by atoms with Crippen LogP contribution in [-0.4, -0.2) is 43.0 Å². The molecule has 0 saturated heterocycles.